The van der Waals surface area contributed by atoms with Crippen LogP contribution in [0.5, 0.6) is 5.75 Å². The molecular weight excluding hydrogens is 522 g/mol. The summed E-state index contributed by atoms with van der Waals surface area (Å²) in [6.45, 7) is 7.76. The Bertz CT molecular complexity index is 1300. The number of carbonyl (C=O) groups excluding carboxylic acids is 1. The van der Waals surface area contributed by atoms with Crippen molar-refractivity contribution in [2.45, 2.75) is 64.8 Å². The van der Waals surface area contributed by atoms with Gasteiger partial charge in [0.2, 0.25) is 0 Å². The Balaban J connectivity index is 1.57. The van der Waals surface area contributed by atoms with Crippen LogP contribution in [0.4, 0.5) is 15.0 Å². The lowest BCUT2D eigenvalue weighted by molar-refractivity contribution is -0.00377. The zero-order chi connectivity index (χ0) is 26.9. The number of carbonyl (C=O) groups is 1. The van der Waals surface area contributed by atoms with E-state index in [0.717, 1.165) is 19.3 Å². The molecule has 1 aromatic carbocycles. The van der Waals surface area contributed by atoms with Crippen LogP contribution in [0, 0.1) is 5.82 Å². The zero-order valence-corrected chi connectivity index (χ0v) is 22.6. The molecule has 0 bridgehead atoms. The normalized spacial score (nSPS) is 16.9. The maximum absolute atomic E-state index is 14.0. The number of rotatable bonds is 5. The Morgan fingerprint density at radius 2 is 2.03 bits per heavy atom. The van der Waals surface area contributed by atoms with Gasteiger partial charge in [0.25, 0.3) is 0 Å². The summed E-state index contributed by atoms with van der Waals surface area (Å²) >= 11 is 12.4. The molecule has 0 saturated carbocycles. The van der Waals surface area contributed by atoms with Crippen LogP contribution in [-0.4, -0.2) is 43.1 Å². The van der Waals surface area contributed by atoms with E-state index in [0.29, 0.717) is 23.4 Å². The Hall–Kier alpha value is -3.11. The zero-order valence-electron chi connectivity index (χ0n) is 21.0. The SMILES string of the molecule is C[C@H](Oc1cc(-c2cn(C3CCCCN3C(=O)OC(C)(C)C)nn2)cnc1N)c1c(Cl)ccc(F)c1Cl. The van der Waals surface area contributed by atoms with Crippen molar-refractivity contribution in [1.29, 1.82) is 0 Å². The molecular formula is C25H29Cl2FN6O3. The van der Waals surface area contributed by atoms with Gasteiger partial charge in [0, 0.05) is 28.9 Å². The van der Waals surface area contributed by atoms with Crippen LogP contribution < -0.4 is 10.5 Å². The lowest BCUT2D eigenvalue weighted by Gasteiger charge is -2.36. The molecule has 3 heterocycles. The number of benzene rings is 1. The summed E-state index contributed by atoms with van der Waals surface area (Å²) in [6.07, 6.45) is 4.44. The van der Waals surface area contributed by atoms with Crippen LogP contribution >= 0.6 is 23.2 Å². The summed E-state index contributed by atoms with van der Waals surface area (Å²) in [7, 11) is 0. The standard InChI is InChI=1S/C25H29Cl2FN6O3/c1-14(21-16(26)8-9-17(28)22(21)27)36-19-11-15(12-30-23(19)29)18-13-34(32-31-18)20-7-5-6-10-33(20)24(35)37-25(2,3)4/h8-9,11-14,20H,5-7,10H2,1-4H3,(H2,29,30)/t14-,20?/m0/s1. The van der Waals surface area contributed by atoms with Gasteiger partial charge in [-0.2, -0.15) is 0 Å². The minimum absolute atomic E-state index is 0.118. The van der Waals surface area contributed by atoms with E-state index >= 15 is 0 Å². The van der Waals surface area contributed by atoms with Gasteiger partial charge >= 0.3 is 6.09 Å². The minimum Gasteiger partial charge on any atom is -0.482 e. The molecule has 3 aromatic rings. The third-order valence-electron chi connectivity index (χ3n) is 5.88. The van der Waals surface area contributed by atoms with Gasteiger partial charge in [-0.25, -0.2) is 18.9 Å². The van der Waals surface area contributed by atoms with Crippen LogP contribution in [0.3, 0.4) is 0 Å². The molecule has 2 N–H and O–H groups in total. The Kier molecular flexibility index (Phi) is 7.80. The highest BCUT2D eigenvalue weighted by Gasteiger charge is 2.32. The third kappa shape index (κ3) is 6.07. The van der Waals surface area contributed by atoms with Crippen molar-refractivity contribution in [2.75, 3.05) is 12.3 Å². The smallest absolute Gasteiger partial charge is 0.412 e. The first kappa shape index (κ1) is 26.9. The van der Waals surface area contributed by atoms with Crippen molar-refractivity contribution >= 4 is 35.1 Å². The van der Waals surface area contributed by atoms with E-state index in [1.807, 2.05) is 20.8 Å². The maximum atomic E-state index is 14.0. The van der Waals surface area contributed by atoms with Crippen molar-refractivity contribution < 1.29 is 18.7 Å². The molecule has 12 heteroatoms. The number of amides is 1. The number of likely N-dealkylation sites (tertiary alicyclic amines) is 1. The van der Waals surface area contributed by atoms with Gasteiger partial charge in [-0.05, 0) is 65.2 Å². The summed E-state index contributed by atoms with van der Waals surface area (Å²) in [5.74, 6) is -0.213. The van der Waals surface area contributed by atoms with Gasteiger partial charge in [0.05, 0.1) is 11.2 Å². The number of nitrogen functional groups attached to an aromatic ring is 1. The van der Waals surface area contributed by atoms with E-state index in [2.05, 4.69) is 15.3 Å². The Labute approximate surface area is 224 Å². The lowest BCUT2D eigenvalue weighted by atomic mass is 10.1. The largest absolute Gasteiger partial charge is 0.482 e. The molecule has 1 amide bonds. The van der Waals surface area contributed by atoms with Crippen molar-refractivity contribution in [1.82, 2.24) is 24.9 Å². The third-order valence-corrected chi connectivity index (χ3v) is 6.60. The first-order valence-corrected chi connectivity index (χ1v) is 12.7. The van der Waals surface area contributed by atoms with Crippen molar-refractivity contribution in [3.8, 4) is 17.0 Å². The van der Waals surface area contributed by atoms with E-state index in [1.54, 1.807) is 35.0 Å². The topological polar surface area (TPSA) is 108 Å². The summed E-state index contributed by atoms with van der Waals surface area (Å²) in [4.78, 5) is 18.7. The summed E-state index contributed by atoms with van der Waals surface area (Å²) in [5.41, 5.74) is 6.86. The number of piperidine rings is 1. The molecule has 2 atom stereocenters. The molecule has 9 nitrogen and oxygen atoms in total. The quantitative estimate of drug-likeness (QED) is 0.364. The van der Waals surface area contributed by atoms with Gasteiger partial charge in [-0.1, -0.05) is 28.4 Å². The molecule has 198 valence electrons. The number of pyridine rings is 1. The number of halogens is 3. The fourth-order valence-electron chi connectivity index (χ4n) is 4.13. The molecule has 37 heavy (non-hydrogen) atoms. The van der Waals surface area contributed by atoms with E-state index in [4.69, 9.17) is 38.4 Å². The molecule has 0 radical (unpaired) electrons. The highest BCUT2D eigenvalue weighted by molar-refractivity contribution is 6.36. The molecule has 1 fully saturated rings. The molecule has 1 saturated heterocycles. The summed E-state index contributed by atoms with van der Waals surface area (Å²) in [6, 6.07) is 4.28. The van der Waals surface area contributed by atoms with Gasteiger partial charge in [-0.15, -0.1) is 5.10 Å². The predicted molar refractivity (Wildman–Crippen MR) is 139 cm³/mol. The van der Waals surface area contributed by atoms with Crippen LogP contribution in [0.25, 0.3) is 11.3 Å². The molecule has 1 aliphatic heterocycles. The number of nitrogens with zero attached hydrogens (tertiary/aromatic N) is 5. The van der Waals surface area contributed by atoms with Gasteiger partial charge in [-0.3, -0.25) is 4.90 Å². The molecule has 2 aromatic heterocycles. The molecule has 1 unspecified atom stereocenters. The summed E-state index contributed by atoms with van der Waals surface area (Å²) in [5, 5.41) is 8.72. The second-order valence-corrected chi connectivity index (χ2v) is 10.6. The van der Waals surface area contributed by atoms with Crippen molar-refractivity contribution in [3.05, 3.63) is 52.0 Å². The van der Waals surface area contributed by atoms with Gasteiger partial charge in [0.1, 0.15) is 29.4 Å². The minimum atomic E-state index is -0.713. The number of aromatic nitrogens is 4. The highest BCUT2D eigenvalue weighted by Crippen LogP contribution is 2.37. The lowest BCUT2D eigenvalue weighted by Crippen LogP contribution is -2.44. The van der Waals surface area contributed by atoms with Crippen LogP contribution in [0.1, 0.15) is 64.8 Å². The fraction of sp³-hybridized carbons (Fsp3) is 0.440. The molecule has 0 spiro atoms. The van der Waals surface area contributed by atoms with Gasteiger partial charge < -0.3 is 15.2 Å². The first-order valence-electron chi connectivity index (χ1n) is 11.9. The molecule has 1 aliphatic rings. The van der Waals surface area contributed by atoms with E-state index in [1.165, 1.54) is 12.1 Å². The second kappa shape index (κ2) is 10.7. The van der Waals surface area contributed by atoms with Gasteiger partial charge in [0.15, 0.2) is 11.6 Å². The van der Waals surface area contributed by atoms with Crippen LogP contribution in [0.15, 0.2) is 30.6 Å². The van der Waals surface area contributed by atoms with Crippen molar-refractivity contribution in [2.24, 2.45) is 0 Å². The summed E-state index contributed by atoms with van der Waals surface area (Å²) < 4.78 is 27.2. The molecule has 4 rings (SSSR count). The first-order chi connectivity index (χ1) is 17.4. The highest BCUT2D eigenvalue weighted by atomic mass is 35.5. The Morgan fingerprint density at radius 1 is 1.27 bits per heavy atom. The molecule has 0 aliphatic carbocycles. The van der Waals surface area contributed by atoms with E-state index in [9.17, 15) is 9.18 Å². The predicted octanol–water partition coefficient (Wildman–Crippen LogP) is 6.43. The van der Waals surface area contributed by atoms with Crippen molar-refractivity contribution in [3.63, 3.8) is 0 Å². The van der Waals surface area contributed by atoms with E-state index in [-0.39, 0.29) is 33.9 Å². The number of hydrogen-bond acceptors (Lipinski definition) is 7. The number of anilines is 1. The fourth-order valence-corrected chi connectivity index (χ4v) is 4.81. The van der Waals surface area contributed by atoms with Crippen LogP contribution in [-0.2, 0) is 4.74 Å². The Morgan fingerprint density at radius 3 is 2.76 bits per heavy atom. The monoisotopic (exact) mass is 550 g/mol. The van der Waals surface area contributed by atoms with E-state index < -0.39 is 17.5 Å². The second-order valence-electron chi connectivity index (χ2n) is 9.86. The average Bonchev–Trinajstić information content (AvgIpc) is 3.32. The van der Waals surface area contributed by atoms with Crippen LogP contribution in [0.2, 0.25) is 10.0 Å². The number of hydrogen-bond donors (Lipinski definition) is 1. The maximum Gasteiger partial charge on any atom is 0.412 e. The number of nitrogens with two attached hydrogens (primary N) is 1. The average molecular weight is 551 g/mol. The number of ether oxygens (including phenoxy) is 2.